The number of halogens is 1. The second-order valence-electron chi connectivity index (χ2n) is 4.90. The zero-order valence-electron chi connectivity index (χ0n) is 11.1. The van der Waals surface area contributed by atoms with Crippen LogP contribution in [0.2, 0.25) is 5.02 Å². The van der Waals surface area contributed by atoms with Gasteiger partial charge in [0.25, 0.3) is 0 Å². The predicted molar refractivity (Wildman–Crippen MR) is 82.2 cm³/mol. The van der Waals surface area contributed by atoms with Crippen molar-refractivity contribution >= 4 is 28.9 Å². The third-order valence-electron chi connectivity index (χ3n) is 3.49. The van der Waals surface area contributed by atoms with Gasteiger partial charge in [0, 0.05) is 5.02 Å². The first-order valence-electron chi connectivity index (χ1n) is 6.57. The lowest BCUT2D eigenvalue weighted by atomic mass is 10.1. The van der Waals surface area contributed by atoms with Gasteiger partial charge in [-0.2, -0.15) is 0 Å². The molecule has 0 aliphatic carbocycles. The van der Waals surface area contributed by atoms with Gasteiger partial charge in [-0.1, -0.05) is 41.9 Å². The molecular formula is C16H15ClN2O. The van der Waals surface area contributed by atoms with Gasteiger partial charge in [0.1, 0.15) is 6.04 Å². The molecule has 1 aliphatic heterocycles. The van der Waals surface area contributed by atoms with Crippen molar-refractivity contribution in [2.24, 2.45) is 0 Å². The number of anilines is 2. The Morgan fingerprint density at radius 2 is 1.85 bits per heavy atom. The lowest BCUT2D eigenvalue weighted by Crippen LogP contribution is -2.45. The Labute approximate surface area is 123 Å². The van der Waals surface area contributed by atoms with E-state index in [1.54, 1.807) is 4.90 Å². The molecule has 1 heterocycles. The average molecular weight is 287 g/mol. The SMILES string of the molecule is CC1Nc2ccccc2N(Cc2ccccc2Cl)C1=O. The van der Waals surface area contributed by atoms with Crippen molar-refractivity contribution in [1.82, 2.24) is 0 Å². The molecule has 1 N–H and O–H groups in total. The van der Waals surface area contributed by atoms with E-state index in [9.17, 15) is 4.79 Å². The molecule has 0 bridgehead atoms. The summed E-state index contributed by atoms with van der Waals surface area (Å²) >= 11 is 6.20. The van der Waals surface area contributed by atoms with Crippen LogP contribution in [0.4, 0.5) is 11.4 Å². The normalized spacial score (nSPS) is 17.6. The van der Waals surface area contributed by atoms with E-state index < -0.39 is 0 Å². The number of nitrogens with zero attached hydrogens (tertiary/aromatic N) is 1. The highest BCUT2D eigenvalue weighted by Gasteiger charge is 2.29. The maximum Gasteiger partial charge on any atom is 0.249 e. The molecule has 0 radical (unpaired) electrons. The molecule has 20 heavy (non-hydrogen) atoms. The number of rotatable bonds is 2. The first-order valence-corrected chi connectivity index (χ1v) is 6.95. The number of fused-ring (bicyclic) bond motifs is 1. The lowest BCUT2D eigenvalue weighted by molar-refractivity contribution is -0.119. The van der Waals surface area contributed by atoms with E-state index >= 15 is 0 Å². The summed E-state index contributed by atoms with van der Waals surface area (Å²) in [4.78, 5) is 14.2. The Hall–Kier alpha value is -2.00. The molecule has 3 rings (SSSR count). The molecule has 1 atom stereocenters. The minimum absolute atomic E-state index is 0.0589. The lowest BCUT2D eigenvalue weighted by Gasteiger charge is -2.34. The van der Waals surface area contributed by atoms with E-state index in [4.69, 9.17) is 11.6 Å². The molecule has 102 valence electrons. The fraction of sp³-hybridized carbons (Fsp3) is 0.188. The van der Waals surface area contributed by atoms with Crippen LogP contribution in [0, 0.1) is 0 Å². The van der Waals surface area contributed by atoms with Crippen molar-refractivity contribution in [2.75, 3.05) is 10.2 Å². The molecule has 4 heteroatoms. The minimum Gasteiger partial charge on any atom is -0.372 e. The Bertz CT molecular complexity index is 656. The molecule has 0 aromatic heterocycles. The fourth-order valence-corrected chi connectivity index (χ4v) is 2.63. The van der Waals surface area contributed by atoms with Gasteiger partial charge in [-0.3, -0.25) is 4.79 Å². The summed E-state index contributed by atoms with van der Waals surface area (Å²) in [5, 5.41) is 3.90. The monoisotopic (exact) mass is 286 g/mol. The number of hydrogen-bond acceptors (Lipinski definition) is 2. The maximum absolute atomic E-state index is 12.4. The van der Waals surface area contributed by atoms with Crippen molar-refractivity contribution < 1.29 is 4.79 Å². The van der Waals surface area contributed by atoms with Gasteiger partial charge in [0.15, 0.2) is 0 Å². The number of carbonyl (C=O) groups is 1. The average Bonchev–Trinajstić information content (AvgIpc) is 2.46. The minimum atomic E-state index is -0.229. The first kappa shape index (κ1) is 13.0. The van der Waals surface area contributed by atoms with Gasteiger partial charge in [-0.15, -0.1) is 0 Å². The first-order chi connectivity index (χ1) is 9.66. The third kappa shape index (κ3) is 2.25. The molecule has 2 aromatic carbocycles. The van der Waals surface area contributed by atoms with E-state index in [2.05, 4.69) is 5.32 Å². The van der Waals surface area contributed by atoms with Gasteiger partial charge >= 0.3 is 0 Å². The summed E-state index contributed by atoms with van der Waals surface area (Å²) in [6.07, 6.45) is 0. The number of amides is 1. The zero-order chi connectivity index (χ0) is 14.1. The van der Waals surface area contributed by atoms with Gasteiger partial charge in [-0.05, 0) is 30.7 Å². The molecule has 0 spiro atoms. The molecule has 2 aromatic rings. The van der Waals surface area contributed by atoms with Crippen LogP contribution in [0.15, 0.2) is 48.5 Å². The Morgan fingerprint density at radius 3 is 2.65 bits per heavy atom. The van der Waals surface area contributed by atoms with Crippen LogP contribution in [-0.4, -0.2) is 11.9 Å². The van der Waals surface area contributed by atoms with E-state index in [0.717, 1.165) is 16.9 Å². The fourth-order valence-electron chi connectivity index (χ4n) is 2.44. The third-order valence-corrected chi connectivity index (χ3v) is 3.86. The quantitative estimate of drug-likeness (QED) is 0.913. The van der Waals surface area contributed by atoms with Crippen LogP contribution in [0.3, 0.4) is 0 Å². The van der Waals surface area contributed by atoms with Crippen LogP contribution in [0.5, 0.6) is 0 Å². The molecular weight excluding hydrogens is 272 g/mol. The number of para-hydroxylation sites is 2. The Kier molecular flexibility index (Phi) is 3.36. The highest BCUT2D eigenvalue weighted by atomic mass is 35.5. The van der Waals surface area contributed by atoms with Crippen LogP contribution < -0.4 is 10.2 Å². The zero-order valence-corrected chi connectivity index (χ0v) is 11.9. The standard InChI is InChI=1S/C16H15ClN2O/c1-11-16(20)19(10-12-6-2-3-7-13(12)17)15-9-5-4-8-14(15)18-11/h2-9,11,18H,10H2,1H3. The van der Waals surface area contributed by atoms with Crippen LogP contribution >= 0.6 is 11.6 Å². The highest BCUT2D eigenvalue weighted by Crippen LogP contribution is 2.33. The summed E-state index contributed by atoms with van der Waals surface area (Å²) in [6, 6.07) is 15.2. The van der Waals surface area contributed by atoms with Crippen molar-refractivity contribution in [1.29, 1.82) is 0 Å². The summed E-state index contributed by atoms with van der Waals surface area (Å²) in [5.41, 5.74) is 2.83. The number of carbonyl (C=O) groups excluding carboxylic acids is 1. The summed E-state index contributed by atoms with van der Waals surface area (Å²) in [5.74, 6) is 0.0589. The number of hydrogen-bond donors (Lipinski definition) is 1. The van der Waals surface area contributed by atoms with E-state index in [1.807, 2.05) is 55.5 Å². The van der Waals surface area contributed by atoms with Gasteiger partial charge in [-0.25, -0.2) is 0 Å². The van der Waals surface area contributed by atoms with Crippen molar-refractivity contribution in [3.05, 3.63) is 59.1 Å². The van der Waals surface area contributed by atoms with Crippen molar-refractivity contribution in [2.45, 2.75) is 19.5 Å². The van der Waals surface area contributed by atoms with Crippen LogP contribution in [0.25, 0.3) is 0 Å². The molecule has 3 nitrogen and oxygen atoms in total. The van der Waals surface area contributed by atoms with Gasteiger partial charge < -0.3 is 10.2 Å². The van der Waals surface area contributed by atoms with E-state index in [-0.39, 0.29) is 11.9 Å². The Morgan fingerprint density at radius 1 is 1.15 bits per heavy atom. The Balaban J connectivity index is 2.00. The topological polar surface area (TPSA) is 32.3 Å². The number of nitrogens with one attached hydrogen (secondary N) is 1. The molecule has 1 aliphatic rings. The summed E-state index contributed by atoms with van der Waals surface area (Å²) < 4.78 is 0. The van der Waals surface area contributed by atoms with Gasteiger partial charge in [0.05, 0.1) is 17.9 Å². The molecule has 0 saturated carbocycles. The molecule has 0 fully saturated rings. The smallest absolute Gasteiger partial charge is 0.249 e. The predicted octanol–water partition coefficient (Wildman–Crippen LogP) is 3.69. The van der Waals surface area contributed by atoms with Gasteiger partial charge in [0.2, 0.25) is 5.91 Å². The molecule has 1 unspecified atom stereocenters. The summed E-state index contributed by atoms with van der Waals surface area (Å²) in [7, 11) is 0. The van der Waals surface area contributed by atoms with Crippen molar-refractivity contribution in [3.8, 4) is 0 Å². The molecule has 1 amide bonds. The largest absolute Gasteiger partial charge is 0.372 e. The van der Waals surface area contributed by atoms with Crippen LogP contribution in [0.1, 0.15) is 12.5 Å². The molecule has 0 saturated heterocycles. The van der Waals surface area contributed by atoms with E-state index in [1.165, 1.54) is 0 Å². The number of benzene rings is 2. The second kappa shape index (κ2) is 5.17. The maximum atomic E-state index is 12.4. The van der Waals surface area contributed by atoms with Crippen LogP contribution in [-0.2, 0) is 11.3 Å². The highest BCUT2D eigenvalue weighted by molar-refractivity contribution is 6.31. The van der Waals surface area contributed by atoms with E-state index in [0.29, 0.717) is 11.6 Å². The summed E-state index contributed by atoms with van der Waals surface area (Å²) in [6.45, 7) is 2.36. The second-order valence-corrected chi connectivity index (χ2v) is 5.31. The van der Waals surface area contributed by atoms with Crippen molar-refractivity contribution in [3.63, 3.8) is 0 Å².